The van der Waals surface area contributed by atoms with E-state index < -0.39 is 0 Å². The third-order valence-electron chi connectivity index (χ3n) is 3.17. The van der Waals surface area contributed by atoms with Crippen LogP contribution in [0, 0.1) is 12.7 Å². The molecular weight excluding hydrogens is 263 g/mol. The number of rotatable bonds is 4. The van der Waals surface area contributed by atoms with Gasteiger partial charge in [-0.25, -0.2) is 4.39 Å². The van der Waals surface area contributed by atoms with Crippen molar-refractivity contribution in [1.29, 1.82) is 0 Å². The second kappa shape index (κ2) is 6.15. The molecule has 0 aliphatic rings. The lowest BCUT2D eigenvalue weighted by Gasteiger charge is -2.19. The van der Waals surface area contributed by atoms with E-state index in [-0.39, 0.29) is 11.9 Å². The van der Waals surface area contributed by atoms with Crippen LogP contribution in [0.15, 0.2) is 42.5 Å². The number of halogens is 2. The maximum atomic E-state index is 12.9. The topological polar surface area (TPSA) is 38.0 Å². The van der Waals surface area contributed by atoms with Crippen LogP contribution in [-0.2, 0) is 6.42 Å². The van der Waals surface area contributed by atoms with Crippen LogP contribution >= 0.6 is 11.6 Å². The quantitative estimate of drug-likeness (QED) is 0.663. The van der Waals surface area contributed by atoms with E-state index in [9.17, 15) is 4.39 Å². The molecule has 4 heteroatoms. The summed E-state index contributed by atoms with van der Waals surface area (Å²) in [7, 11) is 0. The first-order valence-electron chi connectivity index (χ1n) is 6.07. The van der Waals surface area contributed by atoms with E-state index in [0.29, 0.717) is 11.4 Å². The average molecular weight is 279 g/mol. The Kier molecular flexibility index (Phi) is 4.53. The van der Waals surface area contributed by atoms with E-state index >= 15 is 0 Å². The van der Waals surface area contributed by atoms with Gasteiger partial charge < -0.3 is 0 Å². The molecule has 1 unspecified atom stereocenters. The van der Waals surface area contributed by atoms with Gasteiger partial charge in [0.1, 0.15) is 5.82 Å². The monoisotopic (exact) mass is 278 g/mol. The molecule has 0 aliphatic heterocycles. The standard InChI is InChI=1S/C15H16ClFN2/c1-10-2-5-12(16)9-14(10)15(19-18)8-11-3-6-13(17)7-4-11/h2-7,9,15,19H,8,18H2,1H3. The summed E-state index contributed by atoms with van der Waals surface area (Å²) < 4.78 is 12.9. The lowest BCUT2D eigenvalue weighted by molar-refractivity contribution is 0.548. The van der Waals surface area contributed by atoms with Crippen LogP contribution in [0.4, 0.5) is 4.39 Å². The van der Waals surface area contributed by atoms with Crippen molar-refractivity contribution in [3.63, 3.8) is 0 Å². The molecule has 3 N–H and O–H groups in total. The number of hydrazine groups is 1. The Hall–Kier alpha value is -1.42. The highest BCUT2D eigenvalue weighted by atomic mass is 35.5. The molecule has 0 spiro atoms. The van der Waals surface area contributed by atoms with E-state index in [1.54, 1.807) is 12.1 Å². The normalized spacial score (nSPS) is 12.4. The van der Waals surface area contributed by atoms with Gasteiger partial charge in [0.15, 0.2) is 0 Å². The minimum atomic E-state index is -0.236. The highest BCUT2D eigenvalue weighted by Crippen LogP contribution is 2.24. The van der Waals surface area contributed by atoms with Gasteiger partial charge in [-0.2, -0.15) is 0 Å². The van der Waals surface area contributed by atoms with Crippen molar-refractivity contribution in [3.05, 3.63) is 70.0 Å². The molecule has 0 radical (unpaired) electrons. The van der Waals surface area contributed by atoms with Gasteiger partial charge in [0.2, 0.25) is 0 Å². The van der Waals surface area contributed by atoms with E-state index in [2.05, 4.69) is 5.43 Å². The largest absolute Gasteiger partial charge is 0.271 e. The molecular formula is C15H16ClFN2. The predicted octanol–water partition coefficient (Wildman–Crippen LogP) is 3.53. The van der Waals surface area contributed by atoms with Gasteiger partial charge in [0.25, 0.3) is 0 Å². The predicted molar refractivity (Wildman–Crippen MR) is 76.4 cm³/mol. The molecule has 2 nitrogen and oxygen atoms in total. The number of hydrogen-bond donors (Lipinski definition) is 2. The van der Waals surface area contributed by atoms with Crippen LogP contribution < -0.4 is 11.3 Å². The van der Waals surface area contributed by atoms with E-state index in [4.69, 9.17) is 17.4 Å². The fourth-order valence-electron chi connectivity index (χ4n) is 2.10. The fraction of sp³-hybridized carbons (Fsp3) is 0.200. The number of nitrogens with one attached hydrogen (secondary N) is 1. The lowest BCUT2D eigenvalue weighted by Crippen LogP contribution is -2.30. The maximum Gasteiger partial charge on any atom is 0.123 e. The summed E-state index contributed by atoms with van der Waals surface area (Å²) in [5, 5.41) is 0.681. The van der Waals surface area contributed by atoms with E-state index in [1.165, 1.54) is 12.1 Å². The number of aryl methyl sites for hydroxylation is 1. The summed E-state index contributed by atoms with van der Waals surface area (Å²) in [6.45, 7) is 2.01. The lowest BCUT2D eigenvalue weighted by atomic mass is 9.96. The highest BCUT2D eigenvalue weighted by Gasteiger charge is 2.13. The summed E-state index contributed by atoms with van der Waals surface area (Å²) in [5.41, 5.74) is 5.99. The summed E-state index contributed by atoms with van der Waals surface area (Å²) >= 11 is 6.02. The van der Waals surface area contributed by atoms with Crippen molar-refractivity contribution in [2.24, 2.45) is 5.84 Å². The van der Waals surface area contributed by atoms with Crippen molar-refractivity contribution in [2.45, 2.75) is 19.4 Å². The van der Waals surface area contributed by atoms with Gasteiger partial charge >= 0.3 is 0 Å². The molecule has 19 heavy (non-hydrogen) atoms. The third kappa shape index (κ3) is 3.53. The molecule has 1 atom stereocenters. The minimum Gasteiger partial charge on any atom is -0.271 e. The third-order valence-corrected chi connectivity index (χ3v) is 3.41. The molecule has 0 aliphatic carbocycles. The zero-order valence-electron chi connectivity index (χ0n) is 10.7. The van der Waals surface area contributed by atoms with Gasteiger partial charge in [0, 0.05) is 5.02 Å². The summed E-state index contributed by atoms with van der Waals surface area (Å²) in [5.74, 6) is 5.40. The van der Waals surface area contributed by atoms with Crippen LogP contribution in [0.3, 0.4) is 0 Å². The number of nitrogens with two attached hydrogens (primary N) is 1. The van der Waals surface area contributed by atoms with Crippen LogP contribution in [-0.4, -0.2) is 0 Å². The number of hydrogen-bond acceptors (Lipinski definition) is 2. The highest BCUT2D eigenvalue weighted by molar-refractivity contribution is 6.30. The van der Waals surface area contributed by atoms with Gasteiger partial charge in [-0.1, -0.05) is 29.8 Å². The molecule has 0 saturated carbocycles. The Morgan fingerprint density at radius 3 is 2.53 bits per heavy atom. The van der Waals surface area contributed by atoms with Gasteiger partial charge in [-0.3, -0.25) is 11.3 Å². The average Bonchev–Trinajstić information content (AvgIpc) is 2.41. The molecule has 0 aromatic heterocycles. The number of benzene rings is 2. The van der Waals surface area contributed by atoms with Crippen molar-refractivity contribution in [2.75, 3.05) is 0 Å². The molecule has 2 rings (SSSR count). The van der Waals surface area contributed by atoms with Crippen molar-refractivity contribution < 1.29 is 4.39 Å². The van der Waals surface area contributed by atoms with E-state index in [0.717, 1.165) is 16.7 Å². The first kappa shape index (κ1) is 14.0. The van der Waals surface area contributed by atoms with Gasteiger partial charge in [0.05, 0.1) is 6.04 Å². The van der Waals surface area contributed by atoms with Crippen LogP contribution in [0.2, 0.25) is 5.02 Å². The first-order chi connectivity index (χ1) is 9.10. The Morgan fingerprint density at radius 2 is 1.89 bits per heavy atom. The first-order valence-corrected chi connectivity index (χ1v) is 6.44. The smallest absolute Gasteiger partial charge is 0.123 e. The van der Waals surface area contributed by atoms with Gasteiger partial charge in [-0.05, 0) is 54.3 Å². The van der Waals surface area contributed by atoms with E-state index in [1.807, 2.05) is 25.1 Å². The van der Waals surface area contributed by atoms with Crippen molar-refractivity contribution >= 4 is 11.6 Å². The SMILES string of the molecule is Cc1ccc(Cl)cc1C(Cc1ccc(F)cc1)NN. The Balaban J connectivity index is 2.24. The van der Waals surface area contributed by atoms with Crippen LogP contribution in [0.5, 0.6) is 0 Å². The molecule has 0 amide bonds. The molecule has 0 saturated heterocycles. The Morgan fingerprint density at radius 1 is 1.21 bits per heavy atom. The van der Waals surface area contributed by atoms with Crippen LogP contribution in [0.25, 0.3) is 0 Å². The maximum absolute atomic E-state index is 12.9. The Bertz CT molecular complexity index is 555. The van der Waals surface area contributed by atoms with Crippen molar-refractivity contribution in [3.8, 4) is 0 Å². The Labute approximate surface area is 117 Å². The molecule has 0 fully saturated rings. The van der Waals surface area contributed by atoms with Crippen LogP contribution in [0.1, 0.15) is 22.7 Å². The molecule has 0 heterocycles. The van der Waals surface area contributed by atoms with Gasteiger partial charge in [-0.15, -0.1) is 0 Å². The molecule has 2 aromatic carbocycles. The fourth-order valence-corrected chi connectivity index (χ4v) is 2.28. The molecule has 100 valence electrons. The zero-order chi connectivity index (χ0) is 13.8. The minimum absolute atomic E-state index is 0.0517. The second-order valence-electron chi connectivity index (χ2n) is 4.55. The summed E-state index contributed by atoms with van der Waals surface area (Å²) in [6.07, 6.45) is 0.679. The zero-order valence-corrected chi connectivity index (χ0v) is 11.4. The molecule has 0 bridgehead atoms. The summed E-state index contributed by atoms with van der Waals surface area (Å²) in [6, 6.07) is 12.1. The van der Waals surface area contributed by atoms with Crippen molar-refractivity contribution in [1.82, 2.24) is 5.43 Å². The second-order valence-corrected chi connectivity index (χ2v) is 4.99. The summed E-state index contributed by atoms with van der Waals surface area (Å²) in [4.78, 5) is 0. The molecule has 2 aromatic rings.